The van der Waals surface area contributed by atoms with Gasteiger partial charge in [0, 0.05) is 0 Å². The Balaban J connectivity index is 3.20. The van der Waals surface area contributed by atoms with Crippen LogP contribution >= 0.6 is 7.60 Å². The number of rotatable bonds is 4. The third kappa shape index (κ3) is 3.16. The van der Waals surface area contributed by atoms with E-state index in [2.05, 4.69) is 0 Å². The number of hydrogen-bond acceptors (Lipinski definition) is 1. The van der Waals surface area contributed by atoms with Crippen molar-refractivity contribution in [1.82, 2.24) is 0 Å². The SMILES string of the molecule is CCCc1ccc(CC)c(P(=O)(O)O)c1. The molecule has 1 rings (SSSR count). The Hall–Kier alpha value is -0.630. The summed E-state index contributed by atoms with van der Waals surface area (Å²) < 4.78 is 11.3. The molecule has 0 aliphatic rings. The van der Waals surface area contributed by atoms with Crippen LogP contribution in [0.3, 0.4) is 0 Å². The van der Waals surface area contributed by atoms with Crippen LogP contribution in [0.1, 0.15) is 31.4 Å². The lowest BCUT2D eigenvalue weighted by atomic mass is 10.1. The molecule has 2 N–H and O–H groups in total. The molecule has 1 aromatic carbocycles. The monoisotopic (exact) mass is 228 g/mol. The van der Waals surface area contributed by atoms with Crippen molar-refractivity contribution in [3.63, 3.8) is 0 Å². The molecule has 1 aromatic rings. The van der Waals surface area contributed by atoms with E-state index in [1.165, 1.54) is 0 Å². The lowest BCUT2D eigenvalue weighted by Crippen LogP contribution is -2.11. The zero-order valence-electron chi connectivity index (χ0n) is 9.10. The maximum atomic E-state index is 11.3. The molecule has 0 saturated carbocycles. The highest BCUT2D eigenvalue weighted by Crippen LogP contribution is 2.35. The van der Waals surface area contributed by atoms with Crippen LogP contribution < -0.4 is 5.30 Å². The van der Waals surface area contributed by atoms with E-state index in [4.69, 9.17) is 0 Å². The van der Waals surface area contributed by atoms with Gasteiger partial charge in [0.2, 0.25) is 0 Å². The van der Waals surface area contributed by atoms with Gasteiger partial charge in [-0.15, -0.1) is 0 Å². The molecule has 0 fully saturated rings. The molecule has 0 spiro atoms. The van der Waals surface area contributed by atoms with Crippen LogP contribution in [0.15, 0.2) is 18.2 Å². The second kappa shape index (κ2) is 4.93. The van der Waals surface area contributed by atoms with Crippen LogP contribution in [0.4, 0.5) is 0 Å². The Morgan fingerprint density at radius 3 is 2.40 bits per heavy atom. The zero-order valence-corrected chi connectivity index (χ0v) is 10.00. The topological polar surface area (TPSA) is 57.5 Å². The van der Waals surface area contributed by atoms with Crippen LogP contribution in [0.5, 0.6) is 0 Å². The number of hydrogen-bond donors (Lipinski definition) is 2. The Morgan fingerprint density at radius 2 is 1.93 bits per heavy atom. The van der Waals surface area contributed by atoms with E-state index in [0.29, 0.717) is 6.42 Å². The van der Waals surface area contributed by atoms with Gasteiger partial charge in [-0.2, -0.15) is 0 Å². The maximum absolute atomic E-state index is 11.3. The van der Waals surface area contributed by atoms with Crippen LogP contribution in [0.25, 0.3) is 0 Å². The quantitative estimate of drug-likeness (QED) is 0.775. The average molecular weight is 228 g/mol. The van der Waals surface area contributed by atoms with Crippen molar-refractivity contribution in [3.05, 3.63) is 29.3 Å². The van der Waals surface area contributed by atoms with Crippen molar-refractivity contribution in [2.45, 2.75) is 33.1 Å². The van der Waals surface area contributed by atoms with Gasteiger partial charge < -0.3 is 9.79 Å². The molecular weight excluding hydrogens is 211 g/mol. The van der Waals surface area contributed by atoms with E-state index in [1.807, 2.05) is 26.0 Å². The fourth-order valence-electron chi connectivity index (χ4n) is 1.62. The molecule has 0 aliphatic heterocycles. The standard InChI is InChI=1S/C11H17O3P/c1-3-5-9-6-7-10(4-2)11(8-9)15(12,13)14/h6-8H,3-5H2,1-2H3,(H2,12,13,14). The maximum Gasteiger partial charge on any atom is 0.356 e. The third-order valence-corrected chi connectivity index (χ3v) is 3.43. The van der Waals surface area contributed by atoms with E-state index < -0.39 is 7.60 Å². The molecule has 0 heterocycles. The Labute approximate surface area is 90.3 Å². The molecule has 4 heteroatoms. The van der Waals surface area contributed by atoms with Gasteiger partial charge in [-0.05, 0) is 30.0 Å². The van der Waals surface area contributed by atoms with Gasteiger partial charge in [-0.25, -0.2) is 0 Å². The van der Waals surface area contributed by atoms with Gasteiger partial charge >= 0.3 is 7.60 Å². The predicted molar refractivity (Wildman–Crippen MR) is 61.5 cm³/mol. The van der Waals surface area contributed by atoms with Crippen molar-refractivity contribution in [1.29, 1.82) is 0 Å². The first-order valence-corrected chi connectivity index (χ1v) is 6.78. The van der Waals surface area contributed by atoms with E-state index in [0.717, 1.165) is 24.0 Å². The summed E-state index contributed by atoms with van der Waals surface area (Å²) in [4.78, 5) is 18.4. The number of aryl methyl sites for hydroxylation is 2. The van der Waals surface area contributed by atoms with E-state index >= 15 is 0 Å². The minimum atomic E-state index is -4.12. The molecular formula is C11H17O3P. The summed E-state index contributed by atoms with van der Waals surface area (Å²) >= 11 is 0. The highest BCUT2D eigenvalue weighted by atomic mass is 31.2. The predicted octanol–water partition coefficient (Wildman–Crippen LogP) is 2.00. The normalized spacial score (nSPS) is 11.7. The van der Waals surface area contributed by atoms with Crippen molar-refractivity contribution < 1.29 is 14.4 Å². The molecule has 0 amide bonds. The van der Waals surface area contributed by atoms with Crippen LogP contribution in [0, 0.1) is 0 Å². The minimum Gasteiger partial charge on any atom is -0.321 e. The fourth-order valence-corrected chi connectivity index (χ4v) is 2.56. The van der Waals surface area contributed by atoms with E-state index in [9.17, 15) is 14.4 Å². The number of benzene rings is 1. The first kappa shape index (κ1) is 12.4. The first-order valence-electron chi connectivity index (χ1n) is 5.17. The van der Waals surface area contributed by atoms with Crippen molar-refractivity contribution in [2.75, 3.05) is 0 Å². The summed E-state index contributed by atoms with van der Waals surface area (Å²) in [7, 11) is -4.12. The smallest absolute Gasteiger partial charge is 0.321 e. The largest absolute Gasteiger partial charge is 0.356 e. The second-order valence-corrected chi connectivity index (χ2v) is 5.18. The average Bonchev–Trinajstić information content (AvgIpc) is 2.17. The fraction of sp³-hybridized carbons (Fsp3) is 0.455. The summed E-state index contributed by atoms with van der Waals surface area (Å²) in [6.07, 6.45) is 2.48. The third-order valence-electron chi connectivity index (χ3n) is 2.38. The van der Waals surface area contributed by atoms with Crippen LogP contribution in [-0.2, 0) is 17.4 Å². The Bertz CT molecular complexity index is 381. The van der Waals surface area contributed by atoms with Gasteiger partial charge in [-0.1, -0.05) is 32.4 Å². The second-order valence-electron chi connectivity index (χ2n) is 3.61. The molecule has 0 radical (unpaired) electrons. The summed E-state index contributed by atoms with van der Waals surface area (Å²) in [6.45, 7) is 3.94. The first-order chi connectivity index (χ1) is 6.99. The Kier molecular flexibility index (Phi) is 4.09. The lowest BCUT2D eigenvalue weighted by Gasteiger charge is -2.11. The molecule has 15 heavy (non-hydrogen) atoms. The van der Waals surface area contributed by atoms with Gasteiger partial charge in [-0.3, -0.25) is 4.57 Å². The molecule has 84 valence electrons. The molecule has 0 atom stereocenters. The van der Waals surface area contributed by atoms with Gasteiger partial charge in [0.15, 0.2) is 0 Å². The van der Waals surface area contributed by atoms with Crippen molar-refractivity contribution in [3.8, 4) is 0 Å². The molecule has 0 bridgehead atoms. The van der Waals surface area contributed by atoms with Gasteiger partial charge in [0.1, 0.15) is 0 Å². The highest BCUT2D eigenvalue weighted by Gasteiger charge is 2.20. The van der Waals surface area contributed by atoms with Gasteiger partial charge in [0.05, 0.1) is 5.30 Å². The molecule has 0 aromatic heterocycles. The van der Waals surface area contributed by atoms with Crippen LogP contribution in [-0.4, -0.2) is 9.79 Å². The molecule has 0 saturated heterocycles. The summed E-state index contributed by atoms with van der Waals surface area (Å²) in [5.41, 5.74) is 1.73. The van der Waals surface area contributed by atoms with E-state index in [1.54, 1.807) is 6.07 Å². The van der Waals surface area contributed by atoms with E-state index in [-0.39, 0.29) is 5.30 Å². The Morgan fingerprint density at radius 1 is 1.27 bits per heavy atom. The highest BCUT2D eigenvalue weighted by molar-refractivity contribution is 7.60. The molecule has 3 nitrogen and oxygen atoms in total. The molecule has 0 aliphatic carbocycles. The summed E-state index contributed by atoms with van der Waals surface area (Å²) in [5, 5.41) is 0.191. The zero-order chi connectivity index (χ0) is 11.5. The van der Waals surface area contributed by atoms with Crippen molar-refractivity contribution >= 4 is 12.9 Å². The minimum absolute atomic E-state index is 0.191. The lowest BCUT2D eigenvalue weighted by molar-refractivity contribution is 0.387. The van der Waals surface area contributed by atoms with Gasteiger partial charge in [0.25, 0.3) is 0 Å². The molecule has 0 unspecified atom stereocenters. The summed E-state index contributed by atoms with van der Waals surface area (Å²) in [5.74, 6) is 0. The van der Waals surface area contributed by atoms with Crippen molar-refractivity contribution in [2.24, 2.45) is 0 Å². The van der Waals surface area contributed by atoms with Crippen LogP contribution in [0.2, 0.25) is 0 Å². The summed E-state index contributed by atoms with van der Waals surface area (Å²) in [6, 6.07) is 5.41.